The van der Waals surface area contributed by atoms with E-state index in [4.69, 9.17) is 21.1 Å². The van der Waals surface area contributed by atoms with E-state index in [1.54, 1.807) is 6.07 Å². The zero-order valence-corrected chi connectivity index (χ0v) is 12.4. The average Bonchev–Trinajstić information content (AvgIpc) is 2.83. The van der Waals surface area contributed by atoms with E-state index in [0.29, 0.717) is 17.1 Å². The van der Waals surface area contributed by atoms with Crippen LogP contribution in [0.1, 0.15) is 21.4 Å². The molecule has 2 nitrogen and oxygen atoms in total. The van der Waals surface area contributed by atoms with Crippen molar-refractivity contribution < 1.29 is 13.9 Å². The van der Waals surface area contributed by atoms with E-state index >= 15 is 0 Å². The number of alkyl halides is 1. The molecule has 0 spiro atoms. The van der Waals surface area contributed by atoms with Gasteiger partial charge in [-0.05, 0) is 30.0 Å². The van der Waals surface area contributed by atoms with Gasteiger partial charge < -0.3 is 9.47 Å². The summed E-state index contributed by atoms with van der Waals surface area (Å²) in [6, 6.07) is 4.85. The molecule has 2 aromatic rings. The molecule has 0 saturated carbocycles. The third-order valence-corrected chi connectivity index (χ3v) is 4.57. The maximum Gasteiger partial charge on any atom is 0.163 e. The summed E-state index contributed by atoms with van der Waals surface area (Å²) in [7, 11) is 2.98. The Morgan fingerprint density at radius 2 is 1.84 bits per heavy atom. The Morgan fingerprint density at radius 3 is 2.37 bits per heavy atom. The number of ether oxygens (including phenoxy) is 2. The van der Waals surface area contributed by atoms with E-state index in [1.165, 1.54) is 31.6 Å². The number of thiophene rings is 1. The maximum atomic E-state index is 14.1. The van der Waals surface area contributed by atoms with Gasteiger partial charge in [0.1, 0.15) is 5.82 Å². The normalized spacial score (nSPS) is 12.3. The van der Waals surface area contributed by atoms with Crippen LogP contribution in [0, 0.1) is 12.7 Å². The largest absolute Gasteiger partial charge is 0.493 e. The van der Waals surface area contributed by atoms with Crippen molar-refractivity contribution in [3.8, 4) is 11.5 Å². The molecular weight excluding hydrogens is 287 g/mol. The molecule has 1 atom stereocenters. The monoisotopic (exact) mass is 300 g/mol. The first-order valence-corrected chi connectivity index (χ1v) is 6.99. The summed E-state index contributed by atoms with van der Waals surface area (Å²) in [6.45, 7) is 1.96. The molecule has 0 fully saturated rings. The minimum absolute atomic E-state index is 0.357. The number of rotatable bonds is 4. The Kier molecular flexibility index (Phi) is 4.32. The van der Waals surface area contributed by atoms with Gasteiger partial charge in [0.15, 0.2) is 11.5 Å². The van der Waals surface area contributed by atoms with Crippen molar-refractivity contribution in [3.63, 3.8) is 0 Å². The summed E-state index contributed by atoms with van der Waals surface area (Å²) in [4.78, 5) is 0.938. The molecule has 1 unspecified atom stereocenters. The third kappa shape index (κ3) is 2.69. The van der Waals surface area contributed by atoms with Crippen molar-refractivity contribution in [2.45, 2.75) is 12.3 Å². The fraction of sp³-hybridized carbons (Fsp3) is 0.286. The summed E-state index contributed by atoms with van der Waals surface area (Å²) in [5, 5.41) is 1.42. The van der Waals surface area contributed by atoms with Gasteiger partial charge in [0, 0.05) is 16.5 Å². The van der Waals surface area contributed by atoms with Gasteiger partial charge in [0.25, 0.3) is 0 Å². The molecule has 102 valence electrons. The van der Waals surface area contributed by atoms with Gasteiger partial charge in [0.2, 0.25) is 0 Å². The van der Waals surface area contributed by atoms with E-state index in [9.17, 15) is 4.39 Å². The maximum absolute atomic E-state index is 14.1. The number of methoxy groups -OCH3 is 2. The number of hydrogen-bond donors (Lipinski definition) is 0. The molecule has 0 saturated heterocycles. The fourth-order valence-corrected chi connectivity index (χ4v) is 3.26. The van der Waals surface area contributed by atoms with Crippen LogP contribution in [0.25, 0.3) is 0 Å². The zero-order chi connectivity index (χ0) is 14.0. The van der Waals surface area contributed by atoms with Gasteiger partial charge in [-0.2, -0.15) is 0 Å². The van der Waals surface area contributed by atoms with Crippen molar-refractivity contribution in [2.75, 3.05) is 14.2 Å². The molecule has 2 rings (SSSR count). The van der Waals surface area contributed by atoms with Crippen LogP contribution in [-0.4, -0.2) is 14.2 Å². The topological polar surface area (TPSA) is 18.5 Å². The van der Waals surface area contributed by atoms with Crippen molar-refractivity contribution >= 4 is 22.9 Å². The van der Waals surface area contributed by atoms with Crippen molar-refractivity contribution in [1.29, 1.82) is 0 Å². The minimum Gasteiger partial charge on any atom is -0.493 e. The zero-order valence-electron chi connectivity index (χ0n) is 10.9. The summed E-state index contributed by atoms with van der Waals surface area (Å²) < 4.78 is 24.4. The van der Waals surface area contributed by atoms with Crippen LogP contribution < -0.4 is 9.47 Å². The summed E-state index contributed by atoms with van der Waals surface area (Å²) >= 11 is 7.90. The molecule has 0 aliphatic heterocycles. The molecule has 1 aromatic heterocycles. The number of halogens is 2. The summed E-state index contributed by atoms with van der Waals surface area (Å²) in [5.41, 5.74) is 1.45. The number of benzene rings is 1. The van der Waals surface area contributed by atoms with Gasteiger partial charge in [-0.3, -0.25) is 0 Å². The Bertz CT molecular complexity index is 583. The molecule has 0 aliphatic rings. The first-order valence-electron chi connectivity index (χ1n) is 5.68. The van der Waals surface area contributed by atoms with Crippen molar-refractivity contribution in [3.05, 3.63) is 45.4 Å². The van der Waals surface area contributed by atoms with E-state index in [2.05, 4.69) is 0 Å². The molecular formula is C14H14ClFO2S. The highest BCUT2D eigenvalue weighted by Gasteiger charge is 2.21. The molecule has 19 heavy (non-hydrogen) atoms. The van der Waals surface area contributed by atoms with Crippen LogP contribution in [0.2, 0.25) is 0 Å². The van der Waals surface area contributed by atoms with Crippen LogP contribution in [0.15, 0.2) is 23.6 Å². The van der Waals surface area contributed by atoms with E-state index in [0.717, 1.165) is 10.4 Å². The lowest BCUT2D eigenvalue weighted by molar-refractivity contribution is 0.351. The first-order chi connectivity index (χ1) is 9.08. The van der Waals surface area contributed by atoms with Crippen LogP contribution in [0.3, 0.4) is 0 Å². The highest BCUT2D eigenvalue weighted by Crippen LogP contribution is 2.40. The predicted molar refractivity (Wildman–Crippen MR) is 76.3 cm³/mol. The van der Waals surface area contributed by atoms with Crippen LogP contribution >= 0.6 is 22.9 Å². The number of aryl methyl sites for hydroxylation is 1. The van der Waals surface area contributed by atoms with Crippen LogP contribution in [-0.2, 0) is 0 Å². The first kappa shape index (κ1) is 14.2. The van der Waals surface area contributed by atoms with Gasteiger partial charge in [-0.15, -0.1) is 22.9 Å². The standard InChI is InChI=1S/C14H14ClFO2S/c1-8-4-5-19-14(8)13(15)9-6-11(17-2)12(18-3)7-10(9)16/h4-7,13H,1-3H3. The Morgan fingerprint density at radius 1 is 1.21 bits per heavy atom. The molecule has 0 bridgehead atoms. The SMILES string of the molecule is COc1cc(F)c(C(Cl)c2sccc2C)cc1OC. The van der Waals surface area contributed by atoms with Gasteiger partial charge in [-0.25, -0.2) is 4.39 Å². The smallest absolute Gasteiger partial charge is 0.163 e. The van der Waals surface area contributed by atoms with Crippen LogP contribution in [0.5, 0.6) is 11.5 Å². The molecule has 1 aromatic carbocycles. The summed E-state index contributed by atoms with van der Waals surface area (Å²) in [6.07, 6.45) is 0. The molecule has 1 heterocycles. The molecule has 0 amide bonds. The average molecular weight is 301 g/mol. The lowest BCUT2D eigenvalue weighted by Crippen LogP contribution is -2.00. The second-order valence-corrected chi connectivity index (χ2v) is 5.44. The molecule has 0 N–H and O–H groups in total. The van der Waals surface area contributed by atoms with E-state index in [1.807, 2.05) is 18.4 Å². The highest BCUT2D eigenvalue weighted by atomic mass is 35.5. The third-order valence-electron chi connectivity index (χ3n) is 2.91. The Labute approximate surface area is 120 Å². The molecule has 0 radical (unpaired) electrons. The van der Waals surface area contributed by atoms with Crippen molar-refractivity contribution in [2.24, 2.45) is 0 Å². The molecule has 0 aliphatic carbocycles. The van der Waals surface area contributed by atoms with Gasteiger partial charge in [0.05, 0.1) is 19.6 Å². The summed E-state index contributed by atoms with van der Waals surface area (Å²) in [5.74, 6) is 0.430. The Hall–Kier alpha value is -1.26. The van der Waals surface area contributed by atoms with Gasteiger partial charge >= 0.3 is 0 Å². The lowest BCUT2D eigenvalue weighted by atomic mass is 10.1. The predicted octanol–water partition coefficient (Wildman–Crippen LogP) is 4.54. The van der Waals surface area contributed by atoms with E-state index in [-0.39, 0.29) is 0 Å². The van der Waals surface area contributed by atoms with Crippen molar-refractivity contribution in [1.82, 2.24) is 0 Å². The fourth-order valence-electron chi connectivity index (χ4n) is 1.85. The van der Waals surface area contributed by atoms with Gasteiger partial charge in [-0.1, -0.05) is 0 Å². The van der Waals surface area contributed by atoms with Crippen LogP contribution in [0.4, 0.5) is 4.39 Å². The lowest BCUT2D eigenvalue weighted by Gasteiger charge is -2.14. The highest BCUT2D eigenvalue weighted by molar-refractivity contribution is 7.10. The molecule has 5 heteroatoms. The number of hydrogen-bond acceptors (Lipinski definition) is 3. The quantitative estimate of drug-likeness (QED) is 0.772. The van der Waals surface area contributed by atoms with E-state index < -0.39 is 11.2 Å². The Balaban J connectivity index is 2.48. The minimum atomic E-state index is -0.528. The second-order valence-electron chi connectivity index (χ2n) is 4.06. The second kappa shape index (κ2) is 5.80.